The van der Waals surface area contributed by atoms with Crippen LogP contribution in [0.1, 0.15) is 0 Å². The highest BCUT2D eigenvalue weighted by Crippen LogP contribution is 2.57. The summed E-state index contributed by atoms with van der Waals surface area (Å²) < 4.78 is 5.00. The van der Waals surface area contributed by atoms with Crippen molar-refractivity contribution in [2.45, 2.75) is 0 Å². The lowest BCUT2D eigenvalue weighted by Crippen LogP contribution is -2.65. The predicted molar refractivity (Wildman–Crippen MR) is 481 cm³/mol. The number of anilines is 18. The molecular weight excluding hydrogens is 1390 g/mol. The van der Waals surface area contributed by atoms with Crippen LogP contribution in [0, 0.1) is 0 Å². The van der Waals surface area contributed by atoms with Crippen molar-refractivity contribution in [3.63, 3.8) is 0 Å². The molecule has 0 amide bonds. The minimum Gasteiger partial charge on any atom is -0.311 e. The molecule has 17 aromatic carbocycles. The number of hydrogen-bond acceptors (Lipinski definition) is 8. The monoisotopic (exact) mass is 1460 g/mol. The van der Waals surface area contributed by atoms with Crippen LogP contribution in [-0.2, 0) is 0 Å². The van der Waals surface area contributed by atoms with Crippen molar-refractivity contribution < 1.29 is 0 Å². The molecule has 0 bridgehead atoms. The molecule has 0 N–H and O–H groups in total. The zero-order valence-electron chi connectivity index (χ0n) is 60.8. The van der Waals surface area contributed by atoms with E-state index in [1.165, 1.54) is 73.1 Å². The molecule has 6 heterocycles. The molecule has 23 rings (SSSR count). The molecule has 522 valence electrons. The average molecular weight is 1460 g/mol. The van der Waals surface area contributed by atoms with Gasteiger partial charge >= 0.3 is 0 Å². The summed E-state index contributed by atoms with van der Waals surface area (Å²) in [6, 6.07) is 150. The van der Waals surface area contributed by atoms with E-state index in [9.17, 15) is 0 Å². The smallest absolute Gasteiger partial charge is 0.252 e. The van der Waals surface area contributed by atoms with Gasteiger partial charge < -0.3 is 29.4 Å². The summed E-state index contributed by atoms with van der Waals surface area (Å²) >= 11 is 3.74. The summed E-state index contributed by atoms with van der Waals surface area (Å²) in [5, 5.41) is 4.99. The summed E-state index contributed by atoms with van der Waals surface area (Å²) in [6.45, 7) is -0.526. The van der Waals surface area contributed by atoms with Crippen molar-refractivity contribution in [1.82, 2.24) is 0 Å². The fourth-order valence-corrected chi connectivity index (χ4v) is 21.1. The van der Waals surface area contributed by atoms with Crippen molar-refractivity contribution >= 4 is 212 Å². The third kappa shape index (κ3) is 9.92. The van der Waals surface area contributed by atoms with E-state index in [0.717, 1.165) is 125 Å². The van der Waals surface area contributed by atoms with Gasteiger partial charge in [0.1, 0.15) is 0 Å². The molecule has 0 aliphatic carbocycles. The van der Waals surface area contributed by atoms with E-state index < -0.39 is 0 Å². The SMILES string of the molecule is c1ccc(-c2cccc(-c3ccccc3)c2N2c3cc4c(cc3B3c5ccccc5N(c5cccc6sc7ccccc7c56)c5cc(N(c6ccccc6)c6ccccc6)cc2c53)B2c3ccccc3N(c3ccccc3)c3cc(N(c5ccccc5)c5cccc6c5sc5ccccc56)cc(c32)N4c2ccccc2)cc1. The molecule has 0 saturated heterocycles. The van der Waals surface area contributed by atoms with Crippen LogP contribution in [0.15, 0.2) is 400 Å². The summed E-state index contributed by atoms with van der Waals surface area (Å²) in [5.74, 6) is 0. The molecule has 0 fully saturated rings. The van der Waals surface area contributed by atoms with Gasteiger partial charge in [-0.05, 0) is 177 Å². The zero-order valence-corrected chi connectivity index (χ0v) is 62.4. The van der Waals surface area contributed by atoms with Gasteiger partial charge in [-0.1, -0.05) is 267 Å². The van der Waals surface area contributed by atoms with Crippen LogP contribution in [0.3, 0.4) is 0 Å². The maximum absolute atomic E-state index is 2.72. The van der Waals surface area contributed by atoms with Crippen molar-refractivity contribution in [3.8, 4) is 22.3 Å². The molecule has 2 aromatic heterocycles. The molecule has 4 aliphatic rings. The number of thiophene rings is 2. The van der Waals surface area contributed by atoms with E-state index in [4.69, 9.17) is 0 Å². The number of benzene rings is 17. The molecule has 0 spiro atoms. The normalized spacial score (nSPS) is 12.9. The first-order valence-electron chi connectivity index (χ1n) is 38.5. The topological polar surface area (TPSA) is 19.4 Å². The molecule has 0 saturated carbocycles. The first-order chi connectivity index (χ1) is 55.6. The Hall–Kier alpha value is -13.9. The fraction of sp³-hybridized carbons (Fsp3) is 0. The van der Waals surface area contributed by atoms with Crippen molar-refractivity contribution in [1.29, 1.82) is 0 Å². The Bertz CT molecular complexity index is 6850. The summed E-state index contributed by atoms with van der Waals surface area (Å²) in [5.41, 5.74) is 31.5. The Morgan fingerprint density at radius 1 is 0.232 bits per heavy atom. The van der Waals surface area contributed by atoms with Gasteiger partial charge in [0.15, 0.2) is 0 Å². The fourth-order valence-electron chi connectivity index (χ4n) is 18.8. The van der Waals surface area contributed by atoms with E-state index in [1.807, 2.05) is 22.7 Å². The molecule has 6 nitrogen and oxygen atoms in total. The third-order valence-electron chi connectivity index (χ3n) is 23.3. The van der Waals surface area contributed by atoms with Crippen molar-refractivity contribution in [2.24, 2.45) is 0 Å². The second kappa shape index (κ2) is 25.9. The van der Waals surface area contributed by atoms with Gasteiger partial charge in [-0.25, -0.2) is 0 Å². The second-order valence-corrected chi connectivity index (χ2v) is 31.5. The Kier molecular flexibility index (Phi) is 14.8. The lowest BCUT2D eigenvalue weighted by Gasteiger charge is -2.48. The van der Waals surface area contributed by atoms with Gasteiger partial charge in [0.2, 0.25) is 0 Å². The Morgan fingerprint density at radius 2 is 0.625 bits per heavy atom. The maximum atomic E-state index is 2.72. The van der Waals surface area contributed by atoms with E-state index in [-0.39, 0.29) is 13.4 Å². The predicted octanol–water partition coefficient (Wildman–Crippen LogP) is 24.9. The van der Waals surface area contributed by atoms with Gasteiger partial charge in [0, 0.05) is 121 Å². The minimum absolute atomic E-state index is 0.245. The van der Waals surface area contributed by atoms with Crippen LogP contribution in [0.5, 0.6) is 0 Å². The highest BCUT2D eigenvalue weighted by atomic mass is 32.1. The number of nitrogens with zero attached hydrogens (tertiary/aromatic N) is 6. The van der Waals surface area contributed by atoms with Gasteiger partial charge in [-0.15, -0.1) is 22.7 Å². The Labute approximate surface area is 658 Å². The van der Waals surface area contributed by atoms with Crippen LogP contribution < -0.4 is 62.2 Å². The molecule has 112 heavy (non-hydrogen) atoms. The summed E-state index contributed by atoms with van der Waals surface area (Å²) in [4.78, 5) is 15.5. The molecule has 0 unspecified atom stereocenters. The maximum Gasteiger partial charge on any atom is 0.252 e. The van der Waals surface area contributed by atoms with E-state index in [2.05, 4.69) is 430 Å². The molecule has 10 heteroatoms. The number of fused-ring (bicyclic) bond motifs is 14. The molecule has 4 aliphatic heterocycles. The number of rotatable bonds is 12. The second-order valence-electron chi connectivity index (χ2n) is 29.4. The van der Waals surface area contributed by atoms with Crippen LogP contribution >= 0.6 is 22.7 Å². The Morgan fingerprint density at radius 3 is 1.20 bits per heavy atom. The first kappa shape index (κ1) is 64.1. The largest absolute Gasteiger partial charge is 0.311 e. The highest BCUT2D eigenvalue weighted by Gasteiger charge is 2.50. The van der Waals surface area contributed by atoms with Crippen LogP contribution in [0.25, 0.3) is 62.6 Å². The van der Waals surface area contributed by atoms with Crippen LogP contribution in [0.4, 0.5) is 102 Å². The summed E-state index contributed by atoms with van der Waals surface area (Å²) in [6.07, 6.45) is 0. The van der Waals surface area contributed by atoms with Gasteiger partial charge in [-0.2, -0.15) is 0 Å². The minimum atomic E-state index is -0.281. The molecule has 19 aromatic rings. The Balaban J connectivity index is 0.878. The number of hydrogen-bond donors (Lipinski definition) is 0. The standard InChI is InChI=1S/C102H66B2N6S2/c1-8-33-67(34-9-1)76-49-30-50-77(68-35-10-2-11-36-68)101(76)110-90-66-89-83(65-84(90)104-82-53-25-27-55-86(82)109(87-56-32-60-97-98(87)80-48-23-29-59-96(80)111-97)93-61-74(62-94(110)100(93)104)105(69-37-12-3-13-38-69)70-39-14-4-15-40-70)103-81-52-24-26-54-85(81)107(72-43-18-6-19-44-72)91-63-75(64-92(99(91)103)108(89)73-45-20-7-21-46-73)106(71-41-16-5-17-42-71)88-57-31-51-79-78-47-22-28-58-95(78)112-102(79)88/h1-66H. The zero-order chi connectivity index (χ0) is 73.5. The molecule has 0 radical (unpaired) electrons. The van der Waals surface area contributed by atoms with Crippen molar-refractivity contribution in [2.75, 3.05) is 29.4 Å². The van der Waals surface area contributed by atoms with Crippen LogP contribution in [-0.4, -0.2) is 13.4 Å². The lowest BCUT2D eigenvalue weighted by molar-refractivity contribution is 1.22. The third-order valence-corrected chi connectivity index (χ3v) is 25.6. The quantitative estimate of drug-likeness (QED) is 0.113. The average Bonchev–Trinajstić information content (AvgIpc) is 0.742. The molecular formula is C102H66B2N6S2. The lowest BCUT2D eigenvalue weighted by atomic mass is 9.30. The van der Waals surface area contributed by atoms with Crippen LogP contribution in [0.2, 0.25) is 0 Å². The van der Waals surface area contributed by atoms with Gasteiger partial charge in [0.25, 0.3) is 13.4 Å². The number of para-hydroxylation sites is 8. The summed E-state index contributed by atoms with van der Waals surface area (Å²) in [7, 11) is 0. The molecule has 0 atom stereocenters. The van der Waals surface area contributed by atoms with Gasteiger partial charge in [-0.3, -0.25) is 0 Å². The van der Waals surface area contributed by atoms with E-state index in [0.29, 0.717) is 0 Å². The van der Waals surface area contributed by atoms with E-state index >= 15 is 0 Å². The van der Waals surface area contributed by atoms with Gasteiger partial charge in [0.05, 0.1) is 33.1 Å². The highest BCUT2D eigenvalue weighted by molar-refractivity contribution is 7.26. The first-order valence-corrected chi connectivity index (χ1v) is 40.1. The van der Waals surface area contributed by atoms with Crippen molar-refractivity contribution in [3.05, 3.63) is 400 Å². The van der Waals surface area contributed by atoms with E-state index in [1.54, 1.807) is 0 Å².